The molecule has 32 heavy (non-hydrogen) atoms. The Kier molecular flexibility index (Phi) is 6.09. The van der Waals surface area contributed by atoms with Crippen molar-refractivity contribution in [2.24, 2.45) is 5.92 Å². The van der Waals surface area contributed by atoms with Crippen LogP contribution >= 0.6 is 11.8 Å². The SMILES string of the molecule is CCSCCN1C(=O)c2ccc3c4c(ccc(c24)C1=O)C(=O)N(C(CO)C(C)CC)C3=O. The Morgan fingerprint density at radius 3 is 1.72 bits per heavy atom. The van der Waals surface area contributed by atoms with Crippen LogP contribution in [0.4, 0.5) is 0 Å². The number of hydrogen-bond donors (Lipinski definition) is 1. The van der Waals surface area contributed by atoms with Crippen molar-refractivity contribution in [2.45, 2.75) is 33.2 Å². The molecule has 8 heteroatoms. The Labute approximate surface area is 190 Å². The molecule has 2 aromatic rings. The quantitative estimate of drug-likeness (QED) is 0.486. The molecule has 2 heterocycles. The summed E-state index contributed by atoms with van der Waals surface area (Å²) in [5.74, 6) is -0.371. The van der Waals surface area contributed by atoms with E-state index in [4.69, 9.17) is 0 Å². The predicted molar refractivity (Wildman–Crippen MR) is 123 cm³/mol. The van der Waals surface area contributed by atoms with Crippen molar-refractivity contribution in [2.75, 3.05) is 24.7 Å². The Morgan fingerprint density at radius 1 is 0.844 bits per heavy atom. The van der Waals surface area contributed by atoms with Crippen molar-refractivity contribution >= 4 is 46.2 Å². The molecular formula is C24H26N2O5S. The van der Waals surface area contributed by atoms with Gasteiger partial charge in [0.15, 0.2) is 0 Å². The third-order valence-corrected chi connectivity index (χ3v) is 7.37. The normalized spacial score (nSPS) is 17.4. The first kappa shape index (κ1) is 22.5. The molecule has 2 aliphatic heterocycles. The zero-order valence-corrected chi connectivity index (χ0v) is 19.2. The smallest absolute Gasteiger partial charge is 0.261 e. The average molecular weight is 455 g/mol. The summed E-state index contributed by atoms with van der Waals surface area (Å²) in [4.78, 5) is 55.4. The van der Waals surface area contributed by atoms with Crippen LogP contribution in [0.1, 0.15) is 68.6 Å². The van der Waals surface area contributed by atoms with Crippen molar-refractivity contribution in [3.05, 3.63) is 46.5 Å². The molecule has 2 atom stereocenters. The van der Waals surface area contributed by atoms with Crippen LogP contribution in [0.15, 0.2) is 24.3 Å². The molecule has 2 unspecified atom stereocenters. The molecule has 2 aromatic carbocycles. The van der Waals surface area contributed by atoms with Gasteiger partial charge in [0.25, 0.3) is 23.6 Å². The van der Waals surface area contributed by atoms with Crippen molar-refractivity contribution in [3.8, 4) is 0 Å². The zero-order chi connectivity index (χ0) is 23.2. The van der Waals surface area contributed by atoms with E-state index in [9.17, 15) is 24.3 Å². The van der Waals surface area contributed by atoms with Gasteiger partial charge in [-0.2, -0.15) is 11.8 Å². The molecule has 0 aliphatic carbocycles. The van der Waals surface area contributed by atoms with Crippen LogP contribution in [0, 0.1) is 5.92 Å². The van der Waals surface area contributed by atoms with Gasteiger partial charge >= 0.3 is 0 Å². The molecule has 0 aromatic heterocycles. The summed E-state index contributed by atoms with van der Waals surface area (Å²) in [5.41, 5.74) is 1.21. The summed E-state index contributed by atoms with van der Waals surface area (Å²) in [6, 6.07) is 5.62. The molecule has 0 radical (unpaired) electrons. The highest BCUT2D eigenvalue weighted by molar-refractivity contribution is 7.99. The molecule has 1 N–H and O–H groups in total. The number of carbonyl (C=O) groups excluding carboxylic acids is 4. The second-order valence-corrected chi connectivity index (χ2v) is 9.54. The number of aliphatic hydroxyl groups excluding tert-OH is 1. The summed E-state index contributed by atoms with van der Waals surface area (Å²) >= 11 is 1.65. The third-order valence-electron chi connectivity index (χ3n) is 6.49. The molecule has 4 amide bonds. The maximum atomic E-state index is 13.4. The molecule has 0 bridgehead atoms. The molecule has 168 valence electrons. The fraction of sp³-hybridized carbons (Fsp3) is 0.417. The van der Waals surface area contributed by atoms with Gasteiger partial charge in [0.1, 0.15) is 0 Å². The van der Waals surface area contributed by atoms with E-state index < -0.39 is 29.7 Å². The number of aliphatic hydroxyl groups is 1. The Balaban J connectivity index is 1.86. The average Bonchev–Trinajstić information content (AvgIpc) is 2.80. The summed E-state index contributed by atoms with van der Waals surface area (Å²) in [7, 11) is 0. The van der Waals surface area contributed by atoms with Gasteiger partial charge in [0, 0.05) is 45.3 Å². The lowest BCUT2D eigenvalue weighted by Gasteiger charge is -2.37. The van der Waals surface area contributed by atoms with Crippen molar-refractivity contribution in [1.82, 2.24) is 9.80 Å². The maximum Gasteiger partial charge on any atom is 0.261 e. The number of carbonyl (C=O) groups is 4. The number of amides is 4. The minimum atomic E-state index is -0.648. The summed E-state index contributed by atoms with van der Waals surface area (Å²) in [6.07, 6.45) is 0.692. The molecule has 7 nitrogen and oxygen atoms in total. The van der Waals surface area contributed by atoms with Gasteiger partial charge in [0.05, 0.1) is 12.6 Å². The first-order valence-electron chi connectivity index (χ1n) is 10.9. The largest absolute Gasteiger partial charge is 0.394 e. The standard InChI is InChI=1S/C24H26N2O5S/c1-4-13(3)18(12-27)26-23(30)16-8-6-14-19-15(7-9-17(20(16)19)24(26)31)22(29)25(21(14)28)10-11-32-5-2/h6-9,13,18,27H,4-5,10-12H2,1-3H3. The number of imide groups is 2. The molecule has 0 fully saturated rings. The summed E-state index contributed by atoms with van der Waals surface area (Å²) in [5, 5.41) is 10.7. The van der Waals surface area contributed by atoms with Gasteiger partial charge in [-0.25, -0.2) is 0 Å². The number of benzene rings is 2. The van der Waals surface area contributed by atoms with E-state index in [-0.39, 0.29) is 23.7 Å². The monoisotopic (exact) mass is 454 g/mol. The van der Waals surface area contributed by atoms with Crippen LogP contribution in [0.5, 0.6) is 0 Å². The predicted octanol–water partition coefficient (Wildman–Crippen LogP) is 3.19. The third kappa shape index (κ3) is 3.24. The summed E-state index contributed by atoms with van der Waals surface area (Å²) < 4.78 is 0. The van der Waals surface area contributed by atoms with Crippen molar-refractivity contribution in [3.63, 3.8) is 0 Å². The lowest BCUT2D eigenvalue weighted by atomic mass is 9.84. The van der Waals surface area contributed by atoms with Crippen LogP contribution in [0.2, 0.25) is 0 Å². The second-order valence-electron chi connectivity index (χ2n) is 8.15. The number of nitrogens with zero attached hydrogens (tertiary/aromatic N) is 2. The van der Waals surface area contributed by atoms with Crippen LogP contribution in [-0.2, 0) is 0 Å². The van der Waals surface area contributed by atoms with Gasteiger partial charge in [-0.15, -0.1) is 0 Å². The van der Waals surface area contributed by atoms with Crippen LogP contribution < -0.4 is 0 Å². The van der Waals surface area contributed by atoms with E-state index in [1.807, 2.05) is 20.8 Å². The van der Waals surface area contributed by atoms with E-state index >= 15 is 0 Å². The molecule has 4 rings (SSSR count). The molecule has 0 spiro atoms. The minimum absolute atomic E-state index is 0.0833. The van der Waals surface area contributed by atoms with Crippen LogP contribution in [-0.4, -0.2) is 69.2 Å². The van der Waals surface area contributed by atoms with E-state index in [2.05, 4.69) is 0 Å². The molecule has 0 saturated heterocycles. The summed E-state index contributed by atoms with van der Waals surface area (Å²) in [6.45, 7) is 5.82. The highest BCUT2D eigenvalue weighted by atomic mass is 32.2. The van der Waals surface area contributed by atoms with Gasteiger partial charge in [-0.05, 0) is 35.9 Å². The van der Waals surface area contributed by atoms with Crippen molar-refractivity contribution < 1.29 is 24.3 Å². The Morgan fingerprint density at radius 2 is 1.31 bits per heavy atom. The first-order chi connectivity index (χ1) is 15.4. The minimum Gasteiger partial charge on any atom is -0.394 e. The van der Waals surface area contributed by atoms with E-state index in [1.165, 1.54) is 4.90 Å². The topological polar surface area (TPSA) is 95.0 Å². The van der Waals surface area contributed by atoms with E-state index in [0.29, 0.717) is 40.6 Å². The highest BCUT2D eigenvalue weighted by Crippen LogP contribution is 2.38. The Hall–Kier alpha value is -2.71. The fourth-order valence-corrected chi connectivity index (χ4v) is 5.14. The highest BCUT2D eigenvalue weighted by Gasteiger charge is 2.42. The van der Waals surface area contributed by atoms with Crippen molar-refractivity contribution in [1.29, 1.82) is 0 Å². The van der Waals surface area contributed by atoms with Gasteiger partial charge in [-0.1, -0.05) is 27.2 Å². The Bertz CT molecular complexity index is 1070. The lowest BCUT2D eigenvalue weighted by molar-refractivity contribution is 0.0389. The van der Waals surface area contributed by atoms with E-state index in [1.54, 1.807) is 36.0 Å². The second kappa shape index (κ2) is 8.67. The van der Waals surface area contributed by atoms with E-state index in [0.717, 1.165) is 10.7 Å². The van der Waals surface area contributed by atoms with Gasteiger partial charge in [-0.3, -0.25) is 29.0 Å². The maximum absolute atomic E-state index is 13.4. The zero-order valence-electron chi connectivity index (χ0n) is 18.4. The van der Waals surface area contributed by atoms with Gasteiger partial charge in [0.2, 0.25) is 0 Å². The fourth-order valence-electron chi connectivity index (χ4n) is 4.54. The molecular weight excluding hydrogens is 428 g/mol. The molecule has 0 saturated carbocycles. The number of thioether (sulfide) groups is 1. The number of hydrogen-bond acceptors (Lipinski definition) is 6. The molecule has 2 aliphatic rings. The van der Waals surface area contributed by atoms with Gasteiger partial charge < -0.3 is 5.11 Å². The van der Waals surface area contributed by atoms with Crippen LogP contribution in [0.25, 0.3) is 10.8 Å². The lowest BCUT2D eigenvalue weighted by Crippen LogP contribution is -2.51. The number of rotatable bonds is 8. The van der Waals surface area contributed by atoms with Crippen LogP contribution in [0.3, 0.4) is 0 Å². The first-order valence-corrected chi connectivity index (χ1v) is 12.0.